The Kier molecular flexibility index (Phi) is 4.31. The van der Waals surface area contributed by atoms with Gasteiger partial charge in [0.2, 0.25) is 0 Å². The summed E-state index contributed by atoms with van der Waals surface area (Å²) >= 11 is 4.87. The summed E-state index contributed by atoms with van der Waals surface area (Å²) in [7, 11) is 0. The first-order valence-corrected chi connectivity index (χ1v) is 7.05. The first kappa shape index (κ1) is 12.7. The zero-order chi connectivity index (χ0) is 12.3. The van der Waals surface area contributed by atoms with E-state index in [9.17, 15) is 4.39 Å². The Hall–Kier alpha value is -0.710. The molecule has 1 aromatic heterocycles. The number of halogens is 2. The molecule has 0 radical (unpaired) electrons. The topological polar surface area (TPSA) is 12.0 Å². The van der Waals surface area contributed by atoms with E-state index in [1.165, 1.54) is 4.88 Å². The lowest BCUT2D eigenvalue weighted by Gasteiger charge is -2.12. The highest BCUT2D eigenvalue weighted by Gasteiger charge is 2.06. The van der Waals surface area contributed by atoms with Gasteiger partial charge in [-0.05, 0) is 52.0 Å². The molecule has 0 amide bonds. The van der Waals surface area contributed by atoms with Gasteiger partial charge in [-0.15, -0.1) is 11.3 Å². The van der Waals surface area contributed by atoms with Gasteiger partial charge in [0.1, 0.15) is 5.82 Å². The Labute approximate surface area is 113 Å². The minimum Gasteiger partial charge on any atom is -0.305 e. The third kappa shape index (κ3) is 3.37. The van der Waals surface area contributed by atoms with E-state index in [1.807, 2.05) is 12.1 Å². The molecule has 90 valence electrons. The molecule has 0 saturated carbocycles. The quantitative estimate of drug-likeness (QED) is 0.876. The van der Waals surface area contributed by atoms with Crippen molar-refractivity contribution >= 4 is 27.3 Å². The maximum atomic E-state index is 13.3. The van der Waals surface area contributed by atoms with Crippen molar-refractivity contribution in [3.63, 3.8) is 0 Å². The lowest BCUT2D eigenvalue weighted by atomic mass is 10.2. The molecule has 1 nitrogen and oxygen atoms in total. The van der Waals surface area contributed by atoms with Crippen molar-refractivity contribution in [3.8, 4) is 0 Å². The van der Waals surface area contributed by atoms with Crippen molar-refractivity contribution in [2.24, 2.45) is 0 Å². The summed E-state index contributed by atoms with van der Waals surface area (Å²) in [4.78, 5) is 1.29. The van der Waals surface area contributed by atoms with E-state index in [-0.39, 0.29) is 5.82 Å². The summed E-state index contributed by atoms with van der Waals surface area (Å²) in [5.41, 5.74) is 0.953. The number of nitrogens with one attached hydrogen (secondary N) is 1. The van der Waals surface area contributed by atoms with Crippen LogP contribution in [0.15, 0.2) is 40.2 Å². The lowest BCUT2D eigenvalue weighted by molar-refractivity contribution is 0.575. The van der Waals surface area contributed by atoms with E-state index < -0.39 is 0 Å². The van der Waals surface area contributed by atoms with E-state index in [0.29, 0.717) is 17.1 Å². The predicted octanol–water partition coefficient (Wildman–Crippen LogP) is 4.50. The second kappa shape index (κ2) is 5.76. The molecule has 2 rings (SSSR count). The third-order valence-electron chi connectivity index (χ3n) is 2.57. The van der Waals surface area contributed by atoms with E-state index >= 15 is 0 Å². The van der Waals surface area contributed by atoms with Gasteiger partial charge in [-0.1, -0.05) is 12.1 Å². The van der Waals surface area contributed by atoms with Gasteiger partial charge in [-0.2, -0.15) is 0 Å². The molecule has 0 aliphatic rings. The average molecular weight is 314 g/mol. The van der Waals surface area contributed by atoms with Crippen molar-refractivity contribution in [3.05, 3.63) is 56.4 Å². The van der Waals surface area contributed by atoms with Gasteiger partial charge >= 0.3 is 0 Å². The fourth-order valence-electron chi connectivity index (χ4n) is 1.56. The van der Waals surface area contributed by atoms with Crippen LogP contribution in [-0.4, -0.2) is 0 Å². The Morgan fingerprint density at radius 3 is 2.88 bits per heavy atom. The molecule has 0 bridgehead atoms. The van der Waals surface area contributed by atoms with Gasteiger partial charge < -0.3 is 5.32 Å². The van der Waals surface area contributed by atoms with Crippen molar-refractivity contribution in [1.29, 1.82) is 0 Å². The van der Waals surface area contributed by atoms with Gasteiger partial charge in [-0.25, -0.2) is 4.39 Å². The largest absolute Gasteiger partial charge is 0.305 e. The first-order valence-electron chi connectivity index (χ1n) is 5.37. The van der Waals surface area contributed by atoms with E-state index in [1.54, 1.807) is 23.5 Å². The van der Waals surface area contributed by atoms with Gasteiger partial charge in [0.25, 0.3) is 0 Å². The molecular weight excluding hydrogens is 301 g/mol. The fourth-order valence-corrected chi connectivity index (χ4v) is 2.56. The Balaban J connectivity index is 1.96. The van der Waals surface area contributed by atoms with E-state index in [2.05, 4.69) is 39.6 Å². The maximum Gasteiger partial charge on any atom is 0.137 e. The zero-order valence-corrected chi connectivity index (χ0v) is 11.8. The molecule has 1 N–H and O–H groups in total. The SMILES string of the molecule is C[C@@H](NCc1ccc(Br)c(F)c1)c1cccs1. The average Bonchev–Trinajstić information content (AvgIpc) is 2.84. The highest BCUT2D eigenvalue weighted by atomic mass is 79.9. The standard InChI is InChI=1S/C13H13BrFNS/c1-9(13-3-2-6-17-13)16-8-10-4-5-11(14)12(15)7-10/h2-7,9,16H,8H2,1H3/t9-/m1/s1. The molecule has 0 unspecified atom stereocenters. The third-order valence-corrected chi connectivity index (χ3v) is 4.26. The lowest BCUT2D eigenvalue weighted by Crippen LogP contribution is -2.17. The van der Waals surface area contributed by atoms with Crippen LogP contribution in [0.1, 0.15) is 23.4 Å². The van der Waals surface area contributed by atoms with Crippen LogP contribution in [0, 0.1) is 5.82 Å². The molecule has 0 aliphatic carbocycles. The predicted molar refractivity (Wildman–Crippen MR) is 73.7 cm³/mol. The normalized spacial score (nSPS) is 12.6. The van der Waals surface area contributed by atoms with Crippen LogP contribution < -0.4 is 5.32 Å². The minimum absolute atomic E-state index is 0.215. The van der Waals surface area contributed by atoms with Gasteiger partial charge in [-0.3, -0.25) is 0 Å². The van der Waals surface area contributed by atoms with Crippen LogP contribution in [0.5, 0.6) is 0 Å². The van der Waals surface area contributed by atoms with Gasteiger partial charge in [0.05, 0.1) is 4.47 Å². The summed E-state index contributed by atoms with van der Waals surface area (Å²) in [6, 6.07) is 9.64. The summed E-state index contributed by atoms with van der Waals surface area (Å²) in [6.07, 6.45) is 0. The van der Waals surface area contributed by atoms with Gasteiger partial charge in [0, 0.05) is 17.5 Å². The van der Waals surface area contributed by atoms with E-state index in [0.717, 1.165) is 5.56 Å². The molecule has 0 spiro atoms. The van der Waals surface area contributed by atoms with Crippen molar-refractivity contribution in [2.45, 2.75) is 19.5 Å². The van der Waals surface area contributed by atoms with Crippen LogP contribution in [0.2, 0.25) is 0 Å². The number of thiophene rings is 1. The molecule has 0 fully saturated rings. The molecule has 4 heteroatoms. The number of hydrogen-bond donors (Lipinski definition) is 1. The number of rotatable bonds is 4. The molecule has 0 saturated heterocycles. The van der Waals surface area contributed by atoms with Crippen LogP contribution in [0.4, 0.5) is 4.39 Å². The summed E-state index contributed by atoms with van der Waals surface area (Å²) in [5, 5.41) is 5.44. The first-order chi connectivity index (χ1) is 8.16. The molecule has 1 atom stereocenters. The Morgan fingerprint density at radius 2 is 2.24 bits per heavy atom. The van der Waals surface area contributed by atoms with Crippen LogP contribution in [0.25, 0.3) is 0 Å². The molecule has 1 aromatic carbocycles. The molecule has 2 aromatic rings. The van der Waals surface area contributed by atoms with E-state index in [4.69, 9.17) is 0 Å². The smallest absolute Gasteiger partial charge is 0.137 e. The second-order valence-corrected chi connectivity index (χ2v) is 5.70. The van der Waals surface area contributed by atoms with Crippen molar-refractivity contribution in [2.75, 3.05) is 0 Å². The van der Waals surface area contributed by atoms with Crippen molar-refractivity contribution < 1.29 is 4.39 Å². The zero-order valence-electron chi connectivity index (χ0n) is 9.41. The highest BCUT2D eigenvalue weighted by molar-refractivity contribution is 9.10. The van der Waals surface area contributed by atoms with Crippen LogP contribution in [-0.2, 0) is 6.54 Å². The van der Waals surface area contributed by atoms with Crippen LogP contribution >= 0.6 is 27.3 Å². The maximum absolute atomic E-state index is 13.3. The van der Waals surface area contributed by atoms with Gasteiger partial charge in [0.15, 0.2) is 0 Å². The highest BCUT2D eigenvalue weighted by Crippen LogP contribution is 2.20. The summed E-state index contributed by atoms with van der Waals surface area (Å²) in [5.74, 6) is -0.215. The number of hydrogen-bond acceptors (Lipinski definition) is 2. The van der Waals surface area contributed by atoms with Crippen LogP contribution in [0.3, 0.4) is 0 Å². The Morgan fingerprint density at radius 1 is 1.41 bits per heavy atom. The summed E-state index contributed by atoms with van der Waals surface area (Å²) in [6.45, 7) is 2.78. The molecule has 1 heterocycles. The monoisotopic (exact) mass is 313 g/mol. The molecule has 0 aliphatic heterocycles. The number of benzene rings is 1. The Bertz CT molecular complexity index is 484. The van der Waals surface area contributed by atoms with Crippen molar-refractivity contribution in [1.82, 2.24) is 5.32 Å². The second-order valence-electron chi connectivity index (χ2n) is 3.87. The minimum atomic E-state index is -0.215. The molecular formula is C13H13BrFNS. The molecule has 17 heavy (non-hydrogen) atoms. The fraction of sp³-hybridized carbons (Fsp3) is 0.231. The summed E-state index contributed by atoms with van der Waals surface area (Å²) < 4.78 is 13.8.